The van der Waals surface area contributed by atoms with Gasteiger partial charge in [-0.05, 0) is 25.0 Å². The summed E-state index contributed by atoms with van der Waals surface area (Å²) in [5.41, 5.74) is 3.17. The molecule has 0 spiro atoms. The highest BCUT2D eigenvalue weighted by Gasteiger charge is 2.16. The van der Waals surface area contributed by atoms with Crippen molar-refractivity contribution in [2.45, 2.75) is 39.4 Å². The van der Waals surface area contributed by atoms with Crippen LogP contribution >= 0.6 is 11.8 Å². The number of rotatable bonds is 3. The summed E-state index contributed by atoms with van der Waals surface area (Å²) in [6.07, 6.45) is 0. The first-order valence-corrected chi connectivity index (χ1v) is 6.53. The largest absolute Gasteiger partial charge is 0.293 e. The molecule has 0 saturated carbocycles. The number of carbonyl (C=O) groups excluding carboxylic acids is 1. The van der Waals surface area contributed by atoms with E-state index in [0.29, 0.717) is 5.75 Å². The van der Waals surface area contributed by atoms with Gasteiger partial charge in [0.1, 0.15) is 0 Å². The molecule has 1 rings (SSSR count). The summed E-state index contributed by atoms with van der Waals surface area (Å²) >= 11 is 1.70. The molecule has 0 radical (unpaired) electrons. The molecule has 1 aromatic rings. The summed E-state index contributed by atoms with van der Waals surface area (Å²) in [6, 6.07) is 5.92. The number of carbonyl (C=O) groups is 1. The van der Waals surface area contributed by atoms with Gasteiger partial charge in [-0.3, -0.25) is 4.79 Å². The maximum Gasteiger partial charge on any atom is 0.173 e. The lowest BCUT2D eigenvalue weighted by Gasteiger charge is -2.17. The van der Waals surface area contributed by atoms with Crippen molar-refractivity contribution in [3.63, 3.8) is 0 Å². The third-order valence-corrected chi connectivity index (χ3v) is 3.81. The molecule has 0 N–H and O–H groups in total. The zero-order chi connectivity index (χ0) is 12.3. The fourth-order valence-electron chi connectivity index (χ4n) is 1.41. The van der Waals surface area contributed by atoms with Crippen molar-refractivity contribution in [3.8, 4) is 0 Å². The fraction of sp³-hybridized carbons (Fsp3) is 0.500. The van der Waals surface area contributed by atoms with Crippen molar-refractivity contribution in [1.82, 2.24) is 0 Å². The van der Waals surface area contributed by atoms with E-state index >= 15 is 0 Å². The van der Waals surface area contributed by atoms with Crippen molar-refractivity contribution >= 4 is 17.5 Å². The van der Waals surface area contributed by atoms with Gasteiger partial charge in [-0.25, -0.2) is 0 Å². The van der Waals surface area contributed by atoms with Gasteiger partial charge in [-0.1, -0.05) is 39.0 Å². The second-order valence-corrected chi connectivity index (χ2v) is 6.87. The topological polar surface area (TPSA) is 17.1 Å². The third-order valence-electron chi connectivity index (χ3n) is 2.54. The molecule has 0 aromatic heterocycles. The Kier molecular flexibility index (Phi) is 4.20. The zero-order valence-corrected chi connectivity index (χ0v) is 11.6. The van der Waals surface area contributed by atoms with Crippen LogP contribution in [0, 0.1) is 13.8 Å². The summed E-state index contributed by atoms with van der Waals surface area (Å²) < 4.78 is 0.146. The van der Waals surface area contributed by atoms with Gasteiger partial charge in [0.2, 0.25) is 0 Å². The zero-order valence-electron chi connectivity index (χ0n) is 10.8. The summed E-state index contributed by atoms with van der Waals surface area (Å²) in [5.74, 6) is 0.800. The van der Waals surface area contributed by atoms with Gasteiger partial charge >= 0.3 is 0 Å². The van der Waals surface area contributed by atoms with Crippen LogP contribution in [0.4, 0.5) is 0 Å². The summed E-state index contributed by atoms with van der Waals surface area (Å²) in [7, 11) is 0. The van der Waals surface area contributed by atoms with E-state index in [-0.39, 0.29) is 10.5 Å². The van der Waals surface area contributed by atoms with Crippen molar-refractivity contribution in [2.24, 2.45) is 0 Å². The lowest BCUT2D eigenvalue weighted by Crippen LogP contribution is -2.14. The van der Waals surface area contributed by atoms with Crippen LogP contribution in [0.1, 0.15) is 42.3 Å². The average Bonchev–Trinajstić information content (AvgIpc) is 2.17. The molecule has 0 saturated heterocycles. The molecule has 16 heavy (non-hydrogen) atoms. The SMILES string of the molecule is Cc1cccc(C(=O)CSC(C)(C)C)c1C. The van der Waals surface area contributed by atoms with Crippen LogP contribution in [-0.2, 0) is 0 Å². The van der Waals surface area contributed by atoms with Crippen molar-refractivity contribution < 1.29 is 4.79 Å². The first-order valence-electron chi connectivity index (χ1n) is 5.54. The lowest BCUT2D eigenvalue weighted by molar-refractivity contribution is 0.102. The van der Waals surface area contributed by atoms with Gasteiger partial charge in [0.15, 0.2) is 5.78 Å². The minimum Gasteiger partial charge on any atom is -0.293 e. The van der Waals surface area contributed by atoms with E-state index in [2.05, 4.69) is 20.8 Å². The Hall–Kier alpha value is -0.760. The molecule has 0 unspecified atom stereocenters. The van der Waals surface area contributed by atoms with E-state index < -0.39 is 0 Å². The van der Waals surface area contributed by atoms with E-state index in [1.54, 1.807) is 11.8 Å². The van der Waals surface area contributed by atoms with E-state index in [4.69, 9.17) is 0 Å². The van der Waals surface area contributed by atoms with Gasteiger partial charge in [0, 0.05) is 10.3 Å². The molecule has 0 aliphatic heterocycles. The molecular weight excluding hydrogens is 216 g/mol. The second-order valence-electron chi connectivity index (χ2n) is 5.07. The molecule has 0 aliphatic rings. The maximum atomic E-state index is 12.0. The van der Waals surface area contributed by atoms with Crippen molar-refractivity contribution in [3.05, 3.63) is 34.9 Å². The van der Waals surface area contributed by atoms with Crippen LogP contribution in [-0.4, -0.2) is 16.3 Å². The number of aryl methyl sites for hydroxylation is 1. The summed E-state index contributed by atoms with van der Waals surface area (Å²) in [5, 5.41) is 0. The van der Waals surface area contributed by atoms with Gasteiger partial charge in [0.05, 0.1) is 5.75 Å². The predicted molar refractivity (Wildman–Crippen MR) is 72.5 cm³/mol. The molecule has 1 nitrogen and oxygen atoms in total. The molecule has 0 amide bonds. The average molecular weight is 236 g/mol. The van der Waals surface area contributed by atoms with Crippen LogP contribution in [0.25, 0.3) is 0 Å². The summed E-state index contributed by atoms with van der Waals surface area (Å²) in [4.78, 5) is 12.0. The Labute approximate surface area is 103 Å². The van der Waals surface area contributed by atoms with Crippen LogP contribution in [0.5, 0.6) is 0 Å². The molecular formula is C14H20OS. The smallest absolute Gasteiger partial charge is 0.173 e. The molecule has 0 fully saturated rings. The number of ketones is 1. The monoisotopic (exact) mass is 236 g/mol. The standard InChI is InChI=1S/C14H20OS/c1-10-7-6-8-12(11(10)2)13(15)9-16-14(3,4)5/h6-8H,9H2,1-5H3. The highest BCUT2D eigenvalue weighted by atomic mass is 32.2. The Balaban J connectivity index is 2.78. The fourth-order valence-corrected chi connectivity index (χ4v) is 2.13. The lowest BCUT2D eigenvalue weighted by atomic mass is 10.0. The first kappa shape index (κ1) is 13.3. The number of benzene rings is 1. The van der Waals surface area contributed by atoms with E-state index in [0.717, 1.165) is 11.1 Å². The second kappa shape index (κ2) is 5.05. The first-order chi connectivity index (χ1) is 7.31. The highest BCUT2D eigenvalue weighted by molar-refractivity contribution is 8.01. The van der Waals surface area contributed by atoms with Crippen LogP contribution in [0.15, 0.2) is 18.2 Å². The molecule has 88 valence electrons. The number of thioether (sulfide) groups is 1. The van der Waals surface area contributed by atoms with Gasteiger partial charge in [-0.2, -0.15) is 0 Å². The Morgan fingerprint density at radius 1 is 1.25 bits per heavy atom. The molecule has 0 heterocycles. The van der Waals surface area contributed by atoms with E-state index in [1.165, 1.54) is 5.56 Å². The quantitative estimate of drug-likeness (QED) is 0.737. The van der Waals surface area contributed by atoms with Crippen LogP contribution in [0.2, 0.25) is 0 Å². The number of hydrogen-bond donors (Lipinski definition) is 0. The molecule has 0 aliphatic carbocycles. The maximum absolute atomic E-state index is 12.0. The molecule has 0 bridgehead atoms. The normalized spacial score (nSPS) is 11.6. The van der Waals surface area contributed by atoms with E-state index in [1.807, 2.05) is 32.0 Å². The minimum absolute atomic E-state index is 0.146. The Morgan fingerprint density at radius 3 is 2.44 bits per heavy atom. The van der Waals surface area contributed by atoms with Crippen LogP contribution < -0.4 is 0 Å². The molecule has 0 atom stereocenters. The number of hydrogen-bond acceptors (Lipinski definition) is 2. The van der Waals surface area contributed by atoms with E-state index in [9.17, 15) is 4.79 Å². The minimum atomic E-state index is 0.146. The Morgan fingerprint density at radius 2 is 1.88 bits per heavy atom. The van der Waals surface area contributed by atoms with Gasteiger partial charge in [0.25, 0.3) is 0 Å². The van der Waals surface area contributed by atoms with Crippen molar-refractivity contribution in [1.29, 1.82) is 0 Å². The predicted octanol–water partition coefficient (Wildman–Crippen LogP) is 4.02. The van der Waals surface area contributed by atoms with Gasteiger partial charge in [-0.15, -0.1) is 11.8 Å². The van der Waals surface area contributed by atoms with Gasteiger partial charge < -0.3 is 0 Å². The Bertz CT molecular complexity index is 388. The molecule has 1 aromatic carbocycles. The third kappa shape index (κ3) is 3.67. The van der Waals surface area contributed by atoms with Crippen molar-refractivity contribution in [2.75, 3.05) is 5.75 Å². The number of Topliss-reactive ketones (excluding diaryl/α,β-unsaturated/α-hetero) is 1. The highest BCUT2D eigenvalue weighted by Crippen LogP contribution is 2.25. The van der Waals surface area contributed by atoms with Crippen LogP contribution in [0.3, 0.4) is 0 Å². The molecule has 2 heteroatoms. The summed E-state index contributed by atoms with van der Waals surface area (Å²) in [6.45, 7) is 10.5.